The molecule has 3 aromatic carbocycles. The third kappa shape index (κ3) is 5.62. The van der Waals surface area contributed by atoms with Gasteiger partial charge in [-0.3, -0.25) is 9.36 Å². The number of anilines is 1. The van der Waals surface area contributed by atoms with Crippen LogP contribution in [0.4, 0.5) is 5.69 Å². The molecule has 220 valence electrons. The average molecular weight is 592 g/mol. The molecule has 6 rings (SSSR count). The van der Waals surface area contributed by atoms with Crippen molar-refractivity contribution in [2.45, 2.75) is 52.5 Å². The van der Waals surface area contributed by atoms with E-state index in [-0.39, 0.29) is 12.2 Å². The predicted molar refractivity (Wildman–Crippen MR) is 174 cm³/mol. The summed E-state index contributed by atoms with van der Waals surface area (Å²) in [7, 11) is 0. The van der Waals surface area contributed by atoms with Gasteiger partial charge in [0.1, 0.15) is 0 Å². The molecule has 2 aliphatic heterocycles. The van der Waals surface area contributed by atoms with Crippen LogP contribution in [0.3, 0.4) is 0 Å². The van der Waals surface area contributed by atoms with Crippen molar-refractivity contribution in [3.8, 4) is 0 Å². The van der Waals surface area contributed by atoms with Crippen LogP contribution in [0.5, 0.6) is 0 Å². The normalized spacial score (nSPS) is 16.9. The van der Waals surface area contributed by atoms with E-state index in [0.717, 1.165) is 29.8 Å². The molecule has 1 saturated heterocycles. The van der Waals surface area contributed by atoms with Gasteiger partial charge in [-0.15, -0.1) is 0 Å². The summed E-state index contributed by atoms with van der Waals surface area (Å²) >= 11 is 1.36. The lowest BCUT2D eigenvalue weighted by Gasteiger charge is -2.26. The van der Waals surface area contributed by atoms with Gasteiger partial charge >= 0.3 is 5.97 Å². The number of hydrogen-bond donors (Lipinski definition) is 0. The van der Waals surface area contributed by atoms with Crippen LogP contribution in [0.15, 0.2) is 88.2 Å². The molecule has 1 fully saturated rings. The number of carbonyl (C=O) groups excluding carboxylic acids is 1. The van der Waals surface area contributed by atoms with Gasteiger partial charge in [0, 0.05) is 24.3 Å². The van der Waals surface area contributed by atoms with Crippen molar-refractivity contribution in [3.63, 3.8) is 0 Å². The summed E-state index contributed by atoms with van der Waals surface area (Å²) < 4.78 is 7.84. The number of benzene rings is 3. The van der Waals surface area contributed by atoms with E-state index in [2.05, 4.69) is 56.0 Å². The molecule has 4 aromatic rings. The third-order valence-electron chi connectivity index (χ3n) is 8.26. The summed E-state index contributed by atoms with van der Waals surface area (Å²) in [6, 6.07) is 23.6. The lowest BCUT2D eigenvalue weighted by Crippen LogP contribution is -2.40. The van der Waals surface area contributed by atoms with Gasteiger partial charge in [0.2, 0.25) is 0 Å². The second kappa shape index (κ2) is 12.2. The van der Waals surface area contributed by atoms with E-state index in [9.17, 15) is 9.59 Å². The molecular weight excluding hydrogens is 554 g/mol. The van der Waals surface area contributed by atoms with Crippen LogP contribution in [-0.4, -0.2) is 30.2 Å². The zero-order valence-electron chi connectivity index (χ0n) is 25.2. The minimum absolute atomic E-state index is 0.170. The van der Waals surface area contributed by atoms with Crippen molar-refractivity contribution < 1.29 is 9.53 Å². The number of nitrogens with zero attached hydrogens (tertiary/aromatic N) is 3. The van der Waals surface area contributed by atoms with Gasteiger partial charge in [-0.1, -0.05) is 85.8 Å². The zero-order valence-corrected chi connectivity index (χ0v) is 26.0. The topological polar surface area (TPSA) is 63.9 Å². The molecule has 43 heavy (non-hydrogen) atoms. The van der Waals surface area contributed by atoms with E-state index in [1.807, 2.05) is 48.5 Å². The highest BCUT2D eigenvalue weighted by molar-refractivity contribution is 7.07. The van der Waals surface area contributed by atoms with Crippen LogP contribution in [0, 0.1) is 6.92 Å². The van der Waals surface area contributed by atoms with Gasteiger partial charge in [-0.05, 0) is 73.1 Å². The minimum atomic E-state index is -0.673. The predicted octanol–water partition coefficient (Wildman–Crippen LogP) is 5.97. The smallest absolute Gasteiger partial charge is 0.338 e. The quantitative estimate of drug-likeness (QED) is 0.249. The lowest BCUT2D eigenvalue weighted by atomic mass is 9.91. The Morgan fingerprint density at radius 2 is 1.77 bits per heavy atom. The number of carbonyl (C=O) groups is 1. The second-order valence-corrected chi connectivity index (χ2v) is 12.5. The molecule has 1 atom stereocenters. The summed E-state index contributed by atoms with van der Waals surface area (Å²) in [5.74, 6) is -0.109. The number of fused-ring (bicyclic) bond motifs is 1. The number of ether oxygens (including phenoxy) is 1. The van der Waals surface area contributed by atoms with Crippen molar-refractivity contribution in [2.24, 2.45) is 4.99 Å². The second-order valence-electron chi connectivity index (χ2n) is 11.5. The van der Waals surface area contributed by atoms with E-state index in [1.165, 1.54) is 41.0 Å². The molecule has 0 bridgehead atoms. The van der Waals surface area contributed by atoms with Crippen molar-refractivity contribution in [3.05, 3.63) is 126 Å². The fourth-order valence-electron chi connectivity index (χ4n) is 6.05. The standard InChI is InChI=1S/C36H37N3O3S/c1-5-42-35(41)31-32(27-11-7-6-8-12-27)37-36-39(33(31)28-16-14-26(15-17-28)23(2)3)34(40)30(43-36)22-25-13-18-29(24(4)21-25)38-19-9-10-20-38/h6-8,11-18,21-23,33H,5,9-10,19-20H2,1-4H3/b30-22+/t33-/m0/s1. The third-order valence-corrected chi connectivity index (χ3v) is 9.24. The van der Waals surface area contributed by atoms with Crippen LogP contribution in [0.2, 0.25) is 0 Å². The van der Waals surface area contributed by atoms with Gasteiger partial charge in [-0.2, -0.15) is 0 Å². The van der Waals surface area contributed by atoms with Gasteiger partial charge < -0.3 is 9.64 Å². The first-order valence-corrected chi connectivity index (χ1v) is 15.9. The highest BCUT2D eigenvalue weighted by Crippen LogP contribution is 2.35. The molecule has 3 heterocycles. The first-order valence-electron chi connectivity index (χ1n) is 15.1. The van der Waals surface area contributed by atoms with Crippen LogP contribution in [0.25, 0.3) is 11.8 Å². The van der Waals surface area contributed by atoms with E-state index in [1.54, 1.807) is 11.5 Å². The van der Waals surface area contributed by atoms with Crippen molar-refractivity contribution in [1.82, 2.24) is 4.57 Å². The number of thiazole rings is 1. The van der Waals surface area contributed by atoms with Crippen LogP contribution < -0.4 is 19.8 Å². The fraction of sp³-hybridized carbons (Fsp3) is 0.306. The van der Waals surface area contributed by atoms with Crippen LogP contribution in [0.1, 0.15) is 73.4 Å². The Hall–Kier alpha value is -4.23. The number of aryl methyl sites for hydroxylation is 1. The summed E-state index contributed by atoms with van der Waals surface area (Å²) in [5.41, 5.74) is 7.00. The number of hydrogen-bond acceptors (Lipinski definition) is 6. The van der Waals surface area contributed by atoms with Crippen molar-refractivity contribution >= 4 is 34.8 Å². The van der Waals surface area contributed by atoms with Crippen molar-refractivity contribution in [1.29, 1.82) is 0 Å². The number of esters is 1. The average Bonchev–Trinajstić information content (AvgIpc) is 3.65. The Morgan fingerprint density at radius 3 is 2.42 bits per heavy atom. The Bertz CT molecular complexity index is 1860. The van der Waals surface area contributed by atoms with Gasteiger partial charge in [0.15, 0.2) is 4.80 Å². The number of rotatable bonds is 7. The Kier molecular flexibility index (Phi) is 8.17. The van der Waals surface area contributed by atoms with Gasteiger partial charge in [0.05, 0.1) is 28.5 Å². The first-order chi connectivity index (χ1) is 20.9. The molecule has 1 aromatic heterocycles. The van der Waals surface area contributed by atoms with Gasteiger partial charge in [-0.25, -0.2) is 9.79 Å². The Morgan fingerprint density at radius 1 is 1.05 bits per heavy atom. The van der Waals surface area contributed by atoms with E-state index >= 15 is 0 Å². The SMILES string of the molecule is CCOC(=O)C1=C(c2ccccc2)N=c2s/c(=C/c3ccc(N4CCCC4)c(C)c3)c(=O)n2[C@H]1c1ccc(C(C)C)cc1. The fourth-order valence-corrected chi connectivity index (χ4v) is 7.05. The minimum Gasteiger partial charge on any atom is -0.463 e. The molecule has 0 aliphatic carbocycles. The van der Waals surface area contributed by atoms with E-state index in [4.69, 9.17) is 9.73 Å². The Balaban J connectivity index is 1.55. The van der Waals surface area contributed by atoms with Crippen LogP contribution in [-0.2, 0) is 9.53 Å². The largest absolute Gasteiger partial charge is 0.463 e. The molecule has 0 N–H and O–H groups in total. The van der Waals surface area contributed by atoms with E-state index in [0.29, 0.717) is 26.5 Å². The monoisotopic (exact) mass is 591 g/mol. The molecule has 7 heteroatoms. The highest BCUT2D eigenvalue weighted by atomic mass is 32.1. The molecular formula is C36H37N3O3S. The first kappa shape index (κ1) is 28.9. The van der Waals surface area contributed by atoms with Crippen molar-refractivity contribution in [2.75, 3.05) is 24.6 Å². The zero-order chi connectivity index (χ0) is 30.1. The molecule has 0 unspecified atom stereocenters. The summed E-state index contributed by atoms with van der Waals surface area (Å²) in [5, 5.41) is 0. The molecule has 2 aliphatic rings. The summed E-state index contributed by atoms with van der Waals surface area (Å²) in [4.78, 5) is 35.8. The van der Waals surface area contributed by atoms with Crippen LogP contribution >= 0.6 is 11.3 Å². The van der Waals surface area contributed by atoms with Gasteiger partial charge in [0.25, 0.3) is 5.56 Å². The highest BCUT2D eigenvalue weighted by Gasteiger charge is 2.35. The Labute approximate surface area is 256 Å². The number of aromatic nitrogens is 1. The molecule has 0 spiro atoms. The molecule has 0 radical (unpaired) electrons. The molecule has 6 nitrogen and oxygen atoms in total. The maximum Gasteiger partial charge on any atom is 0.338 e. The summed E-state index contributed by atoms with van der Waals surface area (Å²) in [6.45, 7) is 10.6. The maximum absolute atomic E-state index is 14.2. The molecule has 0 amide bonds. The van der Waals surface area contributed by atoms with E-state index < -0.39 is 12.0 Å². The lowest BCUT2D eigenvalue weighted by molar-refractivity contribution is -0.138. The summed E-state index contributed by atoms with van der Waals surface area (Å²) in [6.07, 6.45) is 4.39. The maximum atomic E-state index is 14.2. The molecule has 0 saturated carbocycles.